The minimum atomic E-state index is -4.55. The number of amides is 1. The maximum atomic E-state index is 12.7. The molecular formula is C14H17ClF3N3O4S. The van der Waals surface area contributed by atoms with E-state index in [0.29, 0.717) is 6.42 Å². The first-order valence-electron chi connectivity index (χ1n) is 7.46. The summed E-state index contributed by atoms with van der Waals surface area (Å²) in [5.41, 5.74) is 0.00681. The lowest BCUT2D eigenvalue weighted by molar-refractivity contribution is -0.154. The van der Waals surface area contributed by atoms with Crippen LogP contribution in [-0.2, 0) is 9.84 Å². The van der Waals surface area contributed by atoms with Crippen LogP contribution >= 0.6 is 11.6 Å². The van der Waals surface area contributed by atoms with E-state index in [2.05, 4.69) is 9.72 Å². The van der Waals surface area contributed by atoms with E-state index in [0.717, 1.165) is 12.3 Å². The first-order chi connectivity index (χ1) is 11.9. The van der Waals surface area contributed by atoms with Crippen molar-refractivity contribution in [2.45, 2.75) is 18.6 Å². The van der Waals surface area contributed by atoms with Crippen LogP contribution < -0.4 is 4.74 Å². The summed E-state index contributed by atoms with van der Waals surface area (Å²) in [6.07, 6.45) is -3.21. The number of sulfone groups is 1. The molecule has 1 fully saturated rings. The highest BCUT2D eigenvalue weighted by Gasteiger charge is 2.36. The molecule has 12 heteroatoms. The average molecular weight is 416 g/mol. The maximum absolute atomic E-state index is 12.7. The van der Waals surface area contributed by atoms with Crippen molar-refractivity contribution in [1.82, 2.24) is 15.0 Å². The number of alkyl halides is 3. The minimum absolute atomic E-state index is 0.00681. The first kappa shape index (κ1) is 20.7. The summed E-state index contributed by atoms with van der Waals surface area (Å²) in [6, 6.07) is 0.602. The molecule has 7 nitrogen and oxygen atoms in total. The molecule has 0 spiro atoms. The lowest BCUT2D eigenvalue weighted by Gasteiger charge is -2.33. The zero-order valence-corrected chi connectivity index (χ0v) is 15.5. The molecule has 2 heterocycles. The van der Waals surface area contributed by atoms with Gasteiger partial charge in [0.1, 0.15) is 5.02 Å². The number of ether oxygens (including phenoxy) is 1. The van der Waals surface area contributed by atoms with Gasteiger partial charge in [0.15, 0.2) is 16.4 Å². The van der Waals surface area contributed by atoms with Crippen molar-refractivity contribution >= 4 is 27.3 Å². The third-order valence-corrected chi connectivity index (χ3v) is 5.64. The van der Waals surface area contributed by atoms with Crippen molar-refractivity contribution in [3.05, 3.63) is 22.8 Å². The Labute approximate surface area is 153 Å². The summed E-state index contributed by atoms with van der Waals surface area (Å²) in [6.45, 7) is -1.56. The van der Waals surface area contributed by atoms with Gasteiger partial charge in [-0.25, -0.2) is 18.4 Å². The minimum Gasteiger partial charge on any atom is -0.467 e. The van der Waals surface area contributed by atoms with Crippen LogP contribution in [0.5, 0.6) is 5.88 Å². The molecule has 1 aliphatic heterocycles. The van der Waals surface area contributed by atoms with Gasteiger partial charge in [-0.3, -0.25) is 9.80 Å². The van der Waals surface area contributed by atoms with Crippen molar-refractivity contribution in [3.63, 3.8) is 0 Å². The molecule has 1 aliphatic rings. The van der Waals surface area contributed by atoms with Crippen LogP contribution in [0.15, 0.2) is 12.3 Å². The third-order valence-electron chi connectivity index (χ3n) is 3.62. The Bertz CT molecular complexity index is 786. The van der Waals surface area contributed by atoms with Crippen LogP contribution in [-0.4, -0.2) is 73.8 Å². The van der Waals surface area contributed by atoms with Crippen LogP contribution in [0.3, 0.4) is 0 Å². The lowest BCUT2D eigenvalue weighted by Crippen LogP contribution is -2.49. The summed E-state index contributed by atoms with van der Waals surface area (Å²) in [5.74, 6) is -1.18. The van der Waals surface area contributed by atoms with Crippen molar-refractivity contribution in [2.24, 2.45) is 0 Å². The molecule has 0 radical (unpaired) electrons. The topological polar surface area (TPSA) is 79.8 Å². The molecule has 26 heavy (non-hydrogen) atoms. The number of carbonyl (C=O) groups excluding carboxylic acids is 1. The fourth-order valence-corrected chi connectivity index (χ4v) is 4.49. The molecule has 0 N–H and O–H groups in total. The van der Waals surface area contributed by atoms with Crippen molar-refractivity contribution in [2.75, 3.05) is 32.2 Å². The molecule has 1 atom stereocenters. The zero-order chi connectivity index (χ0) is 19.7. The Kier molecular flexibility index (Phi) is 6.03. The highest BCUT2D eigenvalue weighted by molar-refractivity contribution is 7.91. The number of rotatable bonds is 5. The summed E-state index contributed by atoms with van der Waals surface area (Å²) in [7, 11) is -0.0507. The van der Waals surface area contributed by atoms with Gasteiger partial charge in [-0.2, -0.15) is 13.2 Å². The van der Waals surface area contributed by atoms with Gasteiger partial charge in [0, 0.05) is 20.3 Å². The van der Waals surface area contributed by atoms with Gasteiger partial charge < -0.3 is 4.74 Å². The average Bonchev–Trinajstić information content (AvgIpc) is 2.84. The van der Waals surface area contributed by atoms with Crippen LogP contribution in [0.2, 0.25) is 5.02 Å². The van der Waals surface area contributed by atoms with Crippen molar-refractivity contribution in [1.29, 1.82) is 0 Å². The number of hydrogen-bond acceptors (Lipinski definition) is 6. The number of aromatic nitrogens is 1. The molecule has 146 valence electrons. The molecule has 0 saturated carbocycles. The van der Waals surface area contributed by atoms with Gasteiger partial charge in [0.05, 0.1) is 23.1 Å². The Hall–Kier alpha value is -1.59. The van der Waals surface area contributed by atoms with Crippen LogP contribution in [0.25, 0.3) is 0 Å². The highest BCUT2D eigenvalue weighted by atomic mass is 35.5. The molecule has 2 rings (SSSR count). The van der Waals surface area contributed by atoms with Crippen LogP contribution in [0, 0.1) is 0 Å². The standard InChI is InChI=1S/C14H17ClF3N3O4S/c1-20(2)21(10-3-4-26(23,24)7-10)13(22)9-5-11(15)12(19-6-9)25-8-14(16,17)18/h5-6,10H,3-4,7-8H2,1-2H3. The van der Waals surface area contributed by atoms with E-state index in [4.69, 9.17) is 11.6 Å². The molecule has 1 aromatic heterocycles. The monoisotopic (exact) mass is 415 g/mol. The predicted octanol–water partition coefficient (Wildman–Crippen LogP) is 1.78. The van der Waals surface area contributed by atoms with E-state index >= 15 is 0 Å². The highest BCUT2D eigenvalue weighted by Crippen LogP contribution is 2.27. The molecular weight excluding hydrogens is 399 g/mol. The van der Waals surface area contributed by atoms with E-state index in [1.165, 1.54) is 10.0 Å². The molecule has 0 aliphatic carbocycles. The number of hydrazine groups is 1. The SMILES string of the molecule is CN(C)N(C(=O)c1cnc(OCC(F)(F)F)c(Cl)c1)C1CCS(=O)(=O)C1. The van der Waals surface area contributed by atoms with Crippen LogP contribution in [0.4, 0.5) is 13.2 Å². The smallest absolute Gasteiger partial charge is 0.422 e. The third kappa shape index (κ3) is 5.21. The summed E-state index contributed by atoms with van der Waals surface area (Å²) in [5, 5.41) is 2.47. The second-order valence-corrected chi connectivity index (χ2v) is 8.60. The second-order valence-electron chi connectivity index (χ2n) is 5.97. The largest absolute Gasteiger partial charge is 0.467 e. The number of halogens is 4. The number of carbonyl (C=O) groups is 1. The van der Waals surface area contributed by atoms with Gasteiger partial charge in [0.25, 0.3) is 5.91 Å². The normalized spacial score (nSPS) is 19.6. The zero-order valence-electron chi connectivity index (χ0n) is 14.0. The van der Waals surface area contributed by atoms with E-state index in [9.17, 15) is 26.4 Å². The van der Waals surface area contributed by atoms with Gasteiger partial charge in [0.2, 0.25) is 5.88 Å². The summed E-state index contributed by atoms with van der Waals surface area (Å²) < 4.78 is 64.4. The number of hydrogen-bond donors (Lipinski definition) is 0. The van der Waals surface area contributed by atoms with Crippen molar-refractivity contribution in [3.8, 4) is 5.88 Å². The fraction of sp³-hybridized carbons (Fsp3) is 0.571. The number of nitrogens with zero attached hydrogens (tertiary/aromatic N) is 3. The van der Waals surface area contributed by atoms with Gasteiger partial charge in [-0.05, 0) is 12.5 Å². The Balaban J connectivity index is 2.20. The lowest BCUT2D eigenvalue weighted by atomic mass is 10.2. The quantitative estimate of drug-likeness (QED) is 0.682. The van der Waals surface area contributed by atoms with E-state index in [1.807, 2.05) is 0 Å². The summed E-state index contributed by atoms with van der Waals surface area (Å²) in [4.78, 5) is 16.4. The van der Waals surface area contributed by atoms with Gasteiger partial charge >= 0.3 is 6.18 Å². The molecule has 1 saturated heterocycles. The van der Waals surface area contributed by atoms with Gasteiger partial charge in [-0.1, -0.05) is 11.6 Å². The summed E-state index contributed by atoms with van der Waals surface area (Å²) >= 11 is 5.86. The molecule has 1 unspecified atom stereocenters. The molecule has 1 amide bonds. The first-order valence-corrected chi connectivity index (χ1v) is 9.66. The van der Waals surface area contributed by atoms with Gasteiger partial charge in [-0.15, -0.1) is 0 Å². The van der Waals surface area contributed by atoms with Crippen LogP contribution in [0.1, 0.15) is 16.8 Å². The second kappa shape index (κ2) is 7.57. The number of pyridine rings is 1. The van der Waals surface area contributed by atoms with E-state index < -0.39 is 40.4 Å². The molecule has 0 bridgehead atoms. The van der Waals surface area contributed by atoms with E-state index in [-0.39, 0.29) is 22.1 Å². The van der Waals surface area contributed by atoms with E-state index in [1.54, 1.807) is 14.1 Å². The predicted molar refractivity (Wildman–Crippen MR) is 87.7 cm³/mol. The van der Waals surface area contributed by atoms with Crippen molar-refractivity contribution < 1.29 is 31.1 Å². The molecule has 0 aromatic carbocycles. The Morgan fingerprint density at radius 1 is 1.42 bits per heavy atom. The Morgan fingerprint density at radius 2 is 2.08 bits per heavy atom. The Morgan fingerprint density at radius 3 is 2.54 bits per heavy atom. The maximum Gasteiger partial charge on any atom is 0.422 e. The fourth-order valence-electron chi connectivity index (χ4n) is 2.57. The molecule has 1 aromatic rings.